The molecule has 0 spiro atoms. The topological polar surface area (TPSA) is 151 Å². The van der Waals surface area contributed by atoms with Crippen LogP contribution in [0, 0.1) is 40.9 Å². The van der Waals surface area contributed by atoms with E-state index in [4.69, 9.17) is 17.0 Å². The number of allylic oxidation sites excluding steroid dienone is 2. The van der Waals surface area contributed by atoms with Crippen molar-refractivity contribution in [1.29, 1.82) is 0 Å². The standard InChI is InChI=1S/C28H39N3O6/c1-4-28(36)14-11-21-19-6-5-17-15-18(9-12-26(17,2)20(19)10-13-27(21,28)3)31-37-16-24(33)30-22(25(34)35)7-8-23(29)32/h1,15,19-22,36H,5-14,16H2,2-3H3,(H2,29,32)(H,30,33)(H,34,35)/t19-,20+,21-,22-,26+,27+,28-/m1/s1. The maximum absolute atomic E-state index is 12.1. The number of carbonyl (C=O) groups excluding carboxylic acids is 2. The summed E-state index contributed by atoms with van der Waals surface area (Å²) in [5, 5.41) is 26.9. The van der Waals surface area contributed by atoms with E-state index in [9.17, 15) is 24.6 Å². The molecule has 0 aliphatic heterocycles. The number of primary amides is 1. The highest BCUT2D eigenvalue weighted by atomic mass is 16.6. The molecule has 0 radical (unpaired) electrons. The summed E-state index contributed by atoms with van der Waals surface area (Å²) >= 11 is 0. The number of carboxylic acid groups (broad SMARTS) is 1. The number of nitrogens with zero attached hydrogens (tertiary/aromatic N) is 1. The molecule has 2 amide bonds. The van der Waals surface area contributed by atoms with Gasteiger partial charge in [-0.2, -0.15) is 0 Å². The summed E-state index contributed by atoms with van der Waals surface area (Å²) in [5.74, 6) is 1.80. The molecular weight excluding hydrogens is 474 g/mol. The molecule has 202 valence electrons. The normalized spacial score (nSPS) is 38.3. The van der Waals surface area contributed by atoms with Gasteiger partial charge in [0.1, 0.15) is 11.6 Å². The second-order valence-electron chi connectivity index (χ2n) is 11.8. The van der Waals surface area contributed by atoms with Crippen LogP contribution in [0.25, 0.3) is 0 Å². The maximum Gasteiger partial charge on any atom is 0.326 e. The number of nitrogens with two attached hydrogens (primary N) is 1. The van der Waals surface area contributed by atoms with E-state index in [1.807, 2.05) is 0 Å². The van der Waals surface area contributed by atoms with E-state index >= 15 is 0 Å². The molecule has 3 fully saturated rings. The predicted octanol–water partition coefficient (Wildman–Crippen LogP) is 2.52. The molecule has 7 atom stereocenters. The summed E-state index contributed by atoms with van der Waals surface area (Å²) in [6.07, 6.45) is 15.1. The molecule has 9 heteroatoms. The van der Waals surface area contributed by atoms with E-state index < -0.39 is 36.0 Å². The van der Waals surface area contributed by atoms with Crippen LogP contribution in [-0.2, 0) is 19.2 Å². The maximum atomic E-state index is 12.1. The van der Waals surface area contributed by atoms with E-state index in [0.717, 1.165) is 50.7 Å². The number of amides is 2. The van der Waals surface area contributed by atoms with Gasteiger partial charge in [0.2, 0.25) is 5.91 Å². The van der Waals surface area contributed by atoms with Crippen molar-refractivity contribution in [2.45, 2.75) is 89.7 Å². The van der Waals surface area contributed by atoms with Gasteiger partial charge in [-0.15, -0.1) is 6.42 Å². The molecule has 0 heterocycles. The highest BCUT2D eigenvalue weighted by Gasteiger charge is 2.63. The minimum absolute atomic E-state index is 0.0760. The van der Waals surface area contributed by atoms with Crippen LogP contribution in [0.2, 0.25) is 0 Å². The third-order valence-electron chi connectivity index (χ3n) is 10.1. The molecule has 3 saturated carbocycles. The number of hydrogen-bond acceptors (Lipinski definition) is 6. The summed E-state index contributed by atoms with van der Waals surface area (Å²) < 4.78 is 0. The van der Waals surface area contributed by atoms with Crippen LogP contribution < -0.4 is 11.1 Å². The van der Waals surface area contributed by atoms with Crippen molar-refractivity contribution in [3.8, 4) is 12.3 Å². The molecule has 0 aromatic heterocycles. The summed E-state index contributed by atoms with van der Waals surface area (Å²) in [4.78, 5) is 39.6. The van der Waals surface area contributed by atoms with Crippen molar-refractivity contribution in [2.24, 2.45) is 39.5 Å². The Morgan fingerprint density at radius 3 is 2.62 bits per heavy atom. The van der Waals surface area contributed by atoms with Crippen LogP contribution in [0.1, 0.15) is 78.1 Å². The molecule has 4 aliphatic carbocycles. The summed E-state index contributed by atoms with van der Waals surface area (Å²) in [6.45, 7) is 4.15. The number of oxime groups is 1. The van der Waals surface area contributed by atoms with Gasteiger partial charge in [-0.05, 0) is 87.0 Å². The van der Waals surface area contributed by atoms with Crippen molar-refractivity contribution in [2.75, 3.05) is 6.61 Å². The minimum atomic E-state index is -1.24. The van der Waals surface area contributed by atoms with Crippen LogP contribution in [0.5, 0.6) is 0 Å². The SMILES string of the molecule is C#C[C@@]1(O)CC[C@@H]2[C@@H]3CCC4=CC(=NOCC(=O)N[C@H](CCC(N)=O)C(=O)O)CC[C@]4(C)[C@H]3CC[C@@]21C. The van der Waals surface area contributed by atoms with Crippen LogP contribution in [0.15, 0.2) is 16.8 Å². The highest BCUT2D eigenvalue weighted by molar-refractivity contribution is 5.96. The highest BCUT2D eigenvalue weighted by Crippen LogP contribution is 2.67. The van der Waals surface area contributed by atoms with Gasteiger partial charge in [0.15, 0.2) is 6.61 Å². The molecule has 0 unspecified atom stereocenters. The monoisotopic (exact) mass is 513 g/mol. The largest absolute Gasteiger partial charge is 0.480 e. The van der Waals surface area contributed by atoms with Crippen LogP contribution in [0.3, 0.4) is 0 Å². The summed E-state index contributed by atoms with van der Waals surface area (Å²) in [5.41, 5.74) is 6.08. The second kappa shape index (κ2) is 10.1. The van der Waals surface area contributed by atoms with E-state index in [1.165, 1.54) is 5.57 Å². The van der Waals surface area contributed by atoms with Crippen LogP contribution >= 0.6 is 0 Å². The van der Waals surface area contributed by atoms with Gasteiger partial charge in [0.05, 0.1) is 5.71 Å². The van der Waals surface area contributed by atoms with Crippen molar-refractivity contribution < 1.29 is 29.4 Å². The average molecular weight is 514 g/mol. The lowest BCUT2D eigenvalue weighted by Crippen LogP contribution is -2.54. The minimum Gasteiger partial charge on any atom is -0.480 e. The molecular formula is C28H39N3O6. The van der Waals surface area contributed by atoms with E-state index in [-0.39, 0.29) is 23.7 Å². The number of aliphatic carboxylic acids is 1. The van der Waals surface area contributed by atoms with Crippen molar-refractivity contribution >= 4 is 23.5 Å². The summed E-state index contributed by atoms with van der Waals surface area (Å²) in [7, 11) is 0. The Kier molecular flexibility index (Phi) is 7.44. The molecule has 9 nitrogen and oxygen atoms in total. The molecule has 0 aromatic rings. The van der Waals surface area contributed by atoms with E-state index in [1.54, 1.807) is 0 Å². The number of fused-ring (bicyclic) bond motifs is 5. The van der Waals surface area contributed by atoms with Crippen molar-refractivity contribution in [3.05, 3.63) is 11.6 Å². The predicted molar refractivity (Wildman–Crippen MR) is 137 cm³/mol. The third kappa shape index (κ3) is 4.88. The first-order valence-electron chi connectivity index (χ1n) is 13.3. The third-order valence-corrected chi connectivity index (χ3v) is 10.1. The van der Waals surface area contributed by atoms with Gasteiger partial charge in [-0.3, -0.25) is 9.59 Å². The fourth-order valence-corrected chi connectivity index (χ4v) is 7.85. The Morgan fingerprint density at radius 1 is 1.22 bits per heavy atom. The summed E-state index contributed by atoms with van der Waals surface area (Å²) in [6, 6.07) is -1.21. The van der Waals surface area contributed by atoms with Gasteiger partial charge in [0, 0.05) is 11.8 Å². The van der Waals surface area contributed by atoms with E-state index in [2.05, 4.69) is 36.3 Å². The number of carboxylic acids is 1. The Labute approximate surface area is 218 Å². The molecule has 5 N–H and O–H groups in total. The lowest BCUT2D eigenvalue weighted by Gasteiger charge is -2.58. The Bertz CT molecular complexity index is 1060. The molecule has 4 aliphatic rings. The number of terminal acetylenes is 1. The van der Waals surface area contributed by atoms with Gasteiger partial charge < -0.3 is 26.1 Å². The van der Waals surface area contributed by atoms with Crippen molar-refractivity contribution in [3.63, 3.8) is 0 Å². The number of hydrogen-bond donors (Lipinski definition) is 4. The molecule has 4 rings (SSSR count). The number of aliphatic hydroxyl groups is 1. The number of rotatable bonds is 8. The molecule has 0 bridgehead atoms. The zero-order chi connectivity index (χ0) is 27.0. The van der Waals surface area contributed by atoms with E-state index in [0.29, 0.717) is 24.2 Å². The van der Waals surface area contributed by atoms with Gasteiger partial charge >= 0.3 is 5.97 Å². The number of nitrogens with one attached hydrogen (secondary N) is 1. The Balaban J connectivity index is 1.37. The van der Waals surface area contributed by atoms with Gasteiger partial charge in [0.25, 0.3) is 5.91 Å². The zero-order valence-corrected chi connectivity index (χ0v) is 21.8. The Morgan fingerprint density at radius 2 is 1.95 bits per heavy atom. The first-order valence-corrected chi connectivity index (χ1v) is 13.3. The molecule has 37 heavy (non-hydrogen) atoms. The number of carbonyl (C=O) groups is 3. The van der Waals surface area contributed by atoms with Crippen LogP contribution in [-0.4, -0.2) is 52.0 Å². The lowest BCUT2D eigenvalue weighted by molar-refractivity contribution is -0.142. The fraction of sp³-hybridized carbons (Fsp3) is 0.714. The fourth-order valence-electron chi connectivity index (χ4n) is 7.85. The first kappa shape index (κ1) is 27.2. The Hall–Kier alpha value is -2.86. The van der Waals surface area contributed by atoms with Gasteiger partial charge in [-0.25, -0.2) is 4.79 Å². The van der Waals surface area contributed by atoms with Crippen molar-refractivity contribution in [1.82, 2.24) is 5.32 Å². The second-order valence-corrected chi connectivity index (χ2v) is 11.8. The average Bonchev–Trinajstić information content (AvgIpc) is 3.12. The quantitative estimate of drug-likeness (QED) is 0.289. The zero-order valence-electron chi connectivity index (χ0n) is 21.8. The lowest BCUT2D eigenvalue weighted by atomic mass is 9.46. The smallest absolute Gasteiger partial charge is 0.326 e. The molecule has 0 aromatic carbocycles. The molecule has 0 saturated heterocycles. The van der Waals surface area contributed by atoms with Crippen LogP contribution in [0.4, 0.5) is 0 Å². The first-order chi connectivity index (χ1) is 17.4. The van der Waals surface area contributed by atoms with Gasteiger partial charge in [-0.1, -0.05) is 30.5 Å².